The van der Waals surface area contributed by atoms with Crippen LogP contribution >= 0.6 is 0 Å². The van der Waals surface area contributed by atoms with E-state index >= 15 is 0 Å². The fraction of sp³-hybridized carbons (Fsp3) is 0.552. The number of nitriles is 1. The van der Waals surface area contributed by atoms with Crippen LogP contribution in [0.15, 0.2) is 24.5 Å². The fourth-order valence-corrected chi connectivity index (χ4v) is 5.68. The van der Waals surface area contributed by atoms with Crippen molar-refractivity contribution >= 4 is 17.9 Å². The van der Waals surface area contributed by atoms with Crippen molar-refractivity contribution in [3.8, 4) is 6.19 Å². The van der Waals surface area contributed by atoms with E-state index in [1.54, 1.807) is 30.6 Å². The largest absolute Gasteiger partial charge is 0.444 e. The van der Waals surface area contributed by atoms with E-state index in [1.165, 1.54) is 12.4 Å². The topological polar surface area (TPSA) is 115 Å². The predicted molar refractivity (Wildman–Crippen MR) is 146 cm³/mol. The molecule has 13 heteroatoms. The van der Waals surface area contributed by atoms with Gasteiger partial charge in [0, 0.05) is 62.6 Å². The van der Waals surface area contributed by atoms with E-state index < -0.39 is 41.1 Å². The van der Waals surface area contributed by atoms with Crippen LogP contribution in [0.1, 0.15) is 68.3 Å². The van der Waals surface area contributed by atoms with Gasteiger partial charge in [-0.3, -0.25) is 4.79 Å². The molecule has 2 aromatic rings. The number of alkyl carbamates (subject to hydrolysis) is 1. The van der Waals surface area contributed by atoms with Gasteiger partial charge in [0.05, 0.1) is 11.6 Å². The lowest BCUT2D eigenvalue weighted by Gasteiger charge is -2.37. The average molecular weight is 586 g/mol. The van der Waals surface area contributed by atoms with E-state index in [1.807, 2.05) is 4.90 Å². The molecule has 42 heavy (non-hydrogen) atoms. The fourth-order valence-electron chi connectivity index (χ4n) is 5.68. The van der Waals surface area contributed by atoms with Gasteiger partial charge in [0.2, 0.25) is 5.95 Å². The standard InChI is InChI=1S/C29H34F3N7O3/c1-29(2,3)42-28(41)36-25-15-38(14-21(25)20-10-23(31)24(32)11-22(20)30)27-34-12-17(13-35-27)26(40)39(18-4-5-18)19-6-8-37(16-33)9-7-19/h10-13,18-19,21,25H,4-9,14-15H2,1-3H3,(H,36,41). The summed E-state index contributed by atoms with van der Waals surface area (Å²) in [4.78, 5) is 40.2. The number of halogens is 3. The lowest BCUT2D eigenvalue weighted by Crippen LogP contribution is -2.47. The zero-order chi connectivity index (χ0) is 30.2. The molecule has 5 rings (SSSR count). The van der Waals surface area contributed by atoms with Crippen molar-refractivity contribution in [2.75, 3.05) is 31.1 Å². The highest BCUT2D eigenvalue weighted by molar-refractivity contribution is 5.94. The number of ether oxygens (including phenoxy) is 1. The van der Waals surface area contributed by atoms with Crippen molar-refractivity contribution in [1.82, 2.24) is 25.1 Å². The molecule has 1 aromatic carbocycles. The number of amides is 2. The predicted octanol–water partition coefficient (Wildman–Crippen LogP) is 3.94. The van der Waals surface area contributed by atoms with Crippen molar-refractivity contribution in [3.63, 3.8) is 0 Å². The lowest BCUT2D eigenvalue weighted by atomic mass is 9.93. The quantitative estimate of drug-likeness (QED) is 0.401. The number of carbonyl (C=O) groups excluding carboxylic acids is 2. The molecule has 2 aliphatic heterocycles. The second kappa shape index (κ2) is 11.7. The molecule has 0 spiro atoms. The Labute approximate surface area is 242 Å². The number of likely N-dealkylation sites (tertiary alicyclic amines) is 1. The number of aromatic nitrogens is 2. The Hall–Kier alpha value is -4.08. The van der Waals surface area contributed by atoms with Crippen LogP contribution in [0.2, 0.25) is 0 Å². The third-order valence-corrected chi connectivity index (χ3v) is 7.80. The molecule has 10 nitrogen and oxygen atoms in total. The molecule has 3 aliphatic rings. The van der Waals surface area contributed by atoms with Gasteiger partial charge in [-0.05, 0) is 58.1 Å². The Morgan fingerprint density at radius 2 is 1.62 bits per heavy atom. The average Bonchev–Trinajstić information content (AvgIpc) is 3.69. The summed E-state index contributed by atoms with van der Waals surface area (Å²) in [5, 5.41) is 11.9. The molecule has 224 valence electrons. The first-order chi connectivity index (χ1) is 19.9. The number of nitrogens with one attached hydrogen (secondary N) is 1. The number of anilines is 1. The second-order valence-corrected chi connectivity index (χ2v) is 12.1. The van der Waals surface area contributed by atoms with Crippen LogP contribution in [0.5, 0.6) is 0 Å². The van der Waals surface area contributed by atoms with Crippen molar-refractivity contribution in [2.24, 2.45) is 0 Å². The number of hydrogen-bond acceptors (Lipinski definition) is 8. The van der Waals surface area contributed by atoms with Gasteiger partial charge in [0.1, 0.15) is 11.4 Å². The van der Waals surface area contributed by atoms with Gasteiger partial charge < -0.3 is 24.8 Å². The number of carbonyl (C=O) groups is 2. The molecule has 0 radical (unpaired) electrons. The Kier molecular flexibility index (Phi) is 8.17. The summed E-state index contributed by atoms with van der Waals surface area (Å²) in [6.45, 7) is 6.58. The molecular formula is C29H34F3N7O3. The lowest BCUT2D eigenvalue weighted by molar-refractivity contribution is 0.0503. The minimum Gasteiger partial charge on any atom is -0.444 e. The molecule has 3 fully saturated rings. The first kappa shape index (κ1) is 29.4. The SMILES string of the molecule is CC(C)(C)OC(=O)NC1CN(c2ncc(C(=O)N(C3CC3)C3CCN(C#N)CC3)cn2)CC1c1cc(F)c(F)cc1F. The minimum absolute atomic E-state index is 0.0410. The van der Waals surface area contributed by atoms with Crippen LogP contribution in [0.3, 0.4) is 0 Å². The van der Waals surface area contributed by atoms with E-state index in [0.717, 1.165) is 31.7 Å². The summed E-state index contributed by atoms with van der Waals surface area (Å²) in [6.07, 6.45) is 7.64. The van der Waals surface area contributed by atoms with Crippen LogP contribution in [0.4, 0.5) is 23.9 Å². The summed E-state index contributed by atoms with van der Waals surface area (Å²) < 4.78 is 48.0. The normalized spacial score (nSPS) is 21.2. The number of nitrogens with zero attached hydrogens (tertiary/aromatic N) is 6. The molecule has 2 saturated heterocycles. The van der Waals surface area contributed by atoms with Crippen LogP contribution in [0, 0.1) is 28.9 Å². The van der Waals surface area contributed by atoms with Gasteiger partial charge in [0.15, 0.2) is 17.8 Å². The maximum Gasteiger partial charge on any atom is 0.407 e. The van der Waals surface area contributed by atoms with Gasteiger partial charge in [-0.15, -0.1) is 0 Å². The molecule has 2 atom stereocenters. The van der Waals surface area contributed by atoms with Crippen LogP contribution in [0.25, 0.3) is 0 Å². The molecule has 2 amide bonds. The number of piperidine rings is 1. The summed E-state index contributed by atoms with van der Waals surface area (Å²) in [7, 11) is 0. The Morgan fingerprint density at radius 1 is 1.00 bits per heavy atom. The summed E-state index contributed by atoms with van der Waals surface area (Å²) in [5.74, 6) is -4.11. The van der Waals surface area contributed by atoms with E-state index in [-0.39, 0.29) is 42.6 Å². The highest BCUT2D eigenvalue weighted by Crippen LogP contribution is 2.35. The minimum atomic E-state index is -1.30. The number of benzene rings is 1. The van der Waals surface area contributed by atoms with Crippen molar-refractivity contribution < 1.29 is 27.5 Å². The highest BCUT2D eigenvalue weighted by atomic mass is 19.2. The number of rotatable bonds is 6. The molecule has 1 N–H and O–H groups in total. The van der Waals surface area contributed by atoms with Gasteiger partial charge in [-0.2, -0.15) is 5.26 Å². The van der Waals surface area contributed by atoms with Crippen LogP contribution < -0.4 is 10.2 Å². The van der Waals surface area contributed by atoms with Gasteiger partial charge >= 0.3 is 6.09 Å². The van der Waals surface area contributed by atoms with Crippen molar-refractivity contribution in [2.45, 2.75) is 76.1 Å². The Morgan fingerprint density at radius 3 is 2.21 bits per heavy atom. The molecule has 3 heterocycles. The van der Waals surface area contributed by atoms with E-state index in [0.29, 0.717) is 24.7 Å². The third kappa shape index (κ3) is 6.53. The zero-order valence-corrected chi connectivity index (χ0v) is 23.8. The van der Waals surface area contributed by atoms with Crippen LogP contribution in [-0.4, -0.2) is 81.7 Å². The van der Waals surface area contributed by atoms with Gasteiger partial charge in [-0.25, -0.2) is 27.9 Å². The van der Waals surface area contributed by atoms with Gasteiger partial charge in [-0.1, -0.05) is 0 Å². The summed E-state index contributed by atoms with van der Waals surface area (Å²) >= 11 is 0. The maximum absolute atomic E-state index is 14.8. The molecule has 2 unspecified atom stereocenters. The number of hydrogen-bond donors (Lipinski definition) is 1. The van der Waals surface area contributed by atoms with Crippen molar-refractivity contribution in [3.05, 3.63) is 53.1 Å². The van der Waals surface area contributed by atoms with E-state index in [4.69, 9.17) is 10.00 Å². The molecule has 1 aromatic heterocycles. The monoisotopic (exact) mass is 585 g/mol. The van der Waals surface area contributed by atoms with E-state index in [2.05, 4.69) is 21.5 Å². The smallest absolute Gasteiger partial charge is 0.407 e. The van der Waals surface area contributed by atoms with Crippen molar-refractivity contribution in [1.29, 1.82) is 5.26 Å². The first-order valence-corrected chi connectivity index (χ1v) is 14.1. The third-order valence-electron chi connectivity index (χ3n) is 7.80. The second-order valence-electron chi connectivity index (χ2n) is 12.1. The Balaban J connectivity index is 1.34. The maximum atomic E-state index is 14.8. The zero-order valence-electron chi connectivity index (χ0n) is 23.8. The molecule has 0 bridgehead atoms. The van der Waals surface area contributed by atoms with Gasteiger partial charge in [0.25, 0.3) is 5.91 Å². The molecule has 1 aliphatic carbocycles. The molecular weight excluding hydrogens is 551 g/mol. The summed E-state index contributed by atoms with van der Waals surface area (Å²) in [5.41, 5.74) is -0.538. The first-order valence-electron chi connectivity index (χ1n) is 14.1. The summed E-state index contributed by atoms with van der Waals surface area (Å²) in [6, 6.07) is 0.775. The van der Waals surface area contributed by atoms with Crippen LogP contribution in [-0.2, 0) is 4.74 Å². The highest BCUT2D eigenvalue weighted by Gasteiger charge is 2.41. The van der Waals surface area contributed by atoms with E-state index in [9.17, 15) is 22.8 Å². The Bertz CT molecular complexity index is 1370. The molecule has 1 saturated carbocycles.